The van der Waals surface area contributed by atoms with E-state index in [0.29, 0.717) is 17.9 Å². The molecule has 13 heavy (non-hydrogen) atoms. The zero-order valence-corrected chi connectivity index (χ0v) is 9.65. The molecule has 0 aliphatic carbocycles. The smallest absolute Gasteiger partial charge is 0.189 e. The highest BCUT2D eigenvalue weighted by atomic mass is 15.2. The molecule has 78 valence electrons. The molecule has 0 fully saturated rings. The number of nitrogens with one attached hydrogen (secondary N) is 3. The molecule has 3 N–H and O–H groups in total. The Bertz CT molecular complexity index is 171. The Kier molecular flexibility index (Phi) is 4.24. The average molecular weight is 185 g/mol. The Hall–Kier alpha value is -0.730. The molecule has 0 aromatic heterocycles. The number of rotatable bonds is 3. The summed E-state index contributed by atoms with van der Waals surface area (Å²) >= 11 is 0. The second-order valence-electron chi connectivity index (χ2n) is 4.68. The van der Waals surface area contributed by atoms with Gasteiger partial charge in [-0.15, -0.1) is 0 Å². The highest BCUT2D eigenvalue weighted by Gasteiger charge is 2.22. The predicted octanol–water partition coefficient (Wildman–Crippen LogP) is 1.94. The zero-order valence-electron chi connectivity index (χ0n) is 9.65. The minimum Gasteiger partial charge on any atom is -0.354 e. The van der Waals surface area contributed by atoms with Gasteiger partial charge in [-0.3, -0.25) is 5.41 Å². The molecule has 0 saturated carbocycles. The third-order valence-corrected chi connectivity index (χ3v) is 2.32. The van der Waals surface area contributed by atoms with Crippen LogP contribution < -0.4 is 10.6 Å². The first-order valence-corrected chi connectivity index (χ1v) is 4.89. The van der Waals surface area contributed by atoms with Crippen molar-refractivity contribution in [1.29, 1.82) is 5.41 Å². The standard InChI is InChI=1S/C10H23N3/c1-7(2)10(5,6)13-9(11)12-8(3)4/h7-8H,1-6H3,(H3,11,12,13). The van der Waals surface area contributed by atoms with Gasteiger partial charge in [0.05, 0.1) is 0 Å². The minimum atomic E-state index is -0.0288. The summed E-state index contributed by atoms with van der Waals surface area (Å²) in [4.78, 5) is 0. The van der Waals surface area contributed by atoms with Gasteiger partial charge in [-0.25, -0.2) is 0 Å². The lowest BCUT2D eigenvalue weighted by Gasteiger charge is -2.32. The summed E-state index contributed by atoms with van der Waals surface area (Å²) in [5.41, 5.74) is -0.0288. The van der Waals surface area contributed by atoms with Crippen LogP contribution in [0.15, 0.2) is 0 Å². The number of guanidine groups is 1. The summed E-state index contributed by atoms with van der Waals surface area (Å²) in [6.45, 7) is 12.6. The minimum absolute atomic E-state index is 0.0288. The Morgan fingerprint density at radius 2 is 1.62 bits per heavy atom. The van der Waals surface area contributed by atoms with Crippen LogP contribution in [0.3, 0.4) is 0 Å². The monoisotopic (exact) mass is 185 g/mol. The molecule has 0 radical (unpaired) electrons. The summed E-state index contributed by atoms with van der Waals surface area (Å²) < 4.78 is 0. The largest absolute Gasteiger partial charge is 0.354 e. The van der Waals surface area contributed by atoms with Gasteiger partial charge in [0.1, 0.15) is 0 Å². The van der Waals surface area contributed by atoms with Gasteiger partial charge in [0.15, 0.2) is 5.96 Å². The van der Waals surface area contributed by atoms with Gasteiger partial charge >= 0.3 is 0 Å². The van der Waals surface area contributed by atoms with Gasteiger partial charge in [0.2, 0.25) is 0 Å². The maximum absolute atomic E-state index is 7.65. The Morgan fingerprint density at radius 3 is 1.92 bits per heavy atom. The lowest BCUT2D eigenvalue weighted by atomic mass is 9.91. The fraction of sp³-hybridized carbons (Fsp3) is 0.900. The maximum Gasteiger partial charge on any atom is 0.189 e. The summed E-state index contributed by atoms with van der Waals surface area (Å²) in [6.07, 6.45) is 0. The quantitative estimate of drug-likeness (QED) is 0.465. The van der Waals surface area contributed by atoms with Crippen LogP contribution in [0, 0.1) is 11.3 Å². The molecule has 0 rings (SSSR count). The highest BCUT2D eigenvalue weighted by Crippen LogP contribution is 2.14. The summed E-state index contributed by atoms with van der Waals surface area (Å²) in [7, 11) is 0. The summed E-state index contributed by atoms with van der Waals surface area (Å²) in [5, 5.41) is 13.8. The van der Waals surface area contributed by atoms with Gasteiger partial charge in [-0.1, -0.05) is 13.8 Å². The Labute approximate surface area is 81.8 Å². The van der Waals surface area contributed by atoms with Crippen LogP contribution >= 0.6 is 0 Å². The molecule has 0 bridgehead atoms. The van der Waals surface area contributed by atoms with Crippen molar-refractivity contribution in [3.05, 3.63) is 0 Å². The van der Waals surface area contributed by atoms with Crippen molar-refractivity contribution < 1.29 is 0 Å². The van der Waals surface area contributed by atoms with Gasteiger partial charge < -0.3 is 10.6 Å². The van der Waals surface area contributed by atoms with Gasteiger partial charge in [-0.2, -0.15) is 0 Å². The lowest BCUT2D eigenvalue weighted by molar-refractivity contribution is 0.329. The fourth-order valence-corrected chi connectivity index (χ4v) is 0.791. The van der Waals surface area contributed by atoms with E-state index in [-0.39, 0.29) is 5.54 Å². The van der Waals surface area contributed by atoms with E-state index in [1.165, 1.54) is 0 Å². The third-order valence-electron chi connectivity index (χ3n) is 2.32. The van der Waals surface area contributed by atoms with Crippen LogP contribution in [0.4, 0.5) is 0 Å². The van der Waals surface area contributed by atoms with Crippen molar-refractivity contribution >= 4 is 5.96 Å². The molecule has 0 spiro atoms. The van der Waals surface area contributed by atoms with Gasteiger partial charge in [-0.05, 0) is 33.6 Å². The van der Waals surface area contributed by atoms with Crippen molar-refractivity contribution in [3.63, 3.8) is 0 Å². The molecule has 0 saturated heterocycles. The first-order chi connectivity index (χ1) is 5.75. The average Bonchev–Trinajstić information content (AvgIpc) is 1.82. The number of hydrogen-bond acceptors (Lipinski definition) is 1. The van der Waals surface area contributed by atoms with Crippen LogP contribution in [-0.2, 0) is 0 Å². The Balaban J connectivity index is 4.05. The summed E-state index contributed by atoms with van der Waals surface area (Å²) in [5.74, 6) is 0.913. The molecule has 3 heteroatoms. The van der Waals surface area contributed by atoms with E-state index in [1.807, 2.05) is 13.8 Å². The molecule has 3 nitrogen and oxygen atoms in total. The predicted molar refractivity (Wildman–Crippen MR) is 58.1 cm³/mol. The van der Waals surface area contributed by atoms with E-state index in [2.05, 4.69) is 38.3 Å². The topological polar surface area (TPSA) is 47.9 Å². The SMILES string of the molecule is CC(C)NC(=N)NC(C)(C)C(C)C. The molecular weight excluding hydrogens is 162 g/mol. The second kappa shape index (κ2) is 4.49. The van der Waals surface area contributed by atoms with Crippen molar-refractivity contribution in [2.45, 2.75) is 53.1 Å². The fourth-order valence-electron chi connectivity index (χ4n) is 0.791. The van der Waals surface area contributed by atoms with Crippen LogP contribution in [0.2, 0.25) is 0 Å². The van der Waals surface area contributed by atoms with E-state index < -0.39 is 0 Å². The molecule has 0 aromatic rings. The van der Waals surface area contributed by atoms with E-state index in [9.17, 15) is 0 Å². The van der Waals surface area contributed by atoms with E-state index >= 15 is 0 Å². The first kappa shape index (κ1) is 12.3. The van der Waals surface area contributed by atoms with E-state index in [4.69, 9.17) is 5.41 Å². The van der Waals surface area contributed by atoms with Crippen LogP contribution in [0.1, 0.15) is 41.5 Å². The molecule has 0 heterocycles. The molecule has 0 aromatic carbocycles. The van der Waals surface area contributed by atoms with Crippen LogP contribution in [-0.4, -0.2) is 17.5 Å². The van der Waals surface area contributed by atoms with Gasteiger partial charge in [0, 0.05) is 11.6 Å². The molecule has 0 amide bonds. The molecule has 0 unspecified atom stereocenters. The maximum atomic E-state index is 7.65. The van der Waals surface area contributed by atoms with Crippen molar-refractivity contribution in [2.75, 3.05) is 0 Å². The molecule has 0 atom stereocenters. The van der Waals surface area contributed by atoms with Crippen LogP contribution in [0.25, 0.3) is 0 Å². The van der Waals surface area contributed by atoms with Crippen molar-refractivity contribution in [2.24, 2.45) is 5.92 Å². The Morgan fingerprint density at radius 1 is 1.15 bits per heavy atom. The van der Waals surface area contributed by atoms with E-state index in [1.54, 1.807) is 0 Å². The van der Waals surface area contributed by atoms with Crippen molar-refractivity contribution in [1.82, 2.24) is 10.6 Å². The van der Waals surface area contributed by atoms with Crippen LogP contribution in [0.5, 0.6) is 0 Å². The normalized spacial score (nSPS) is 12.0. The first-order valence-electron chi connectivity index (χ1n) is 4.89. The second-order valence-corrected chi connectivity index (χ2v) is 4.68. The zero-order chi connectivity index (χ0) is 10.6. The molecule has 0 aliphatic heterocycles. The summed E-state index contributed by atoms with van der Waals surface area (Å²) in [6, 6.07) is 0.308. The highest BCUT2D eigenvalue weighted by molar-refractivity contribution is 5.77. The molecule has 0 aliphatic rings. The van der Waals surface area contributed by atoms with Gasteiger partial charge in [0.25, 0.3) is 0 Å². The van der Waals surface area contributed by atoms with Crippen molar-refractivity contribution in [3.8, 4) is 0 Å². The van der Waals surface area contributed by atoms with E-state index in [0.717, 1.165) is 0 Å². The third kappa shape index (κ3) is 4.76. The number of hydrogen-bond donors (Lipinski definition) is 3. The lowest BCUT2D eigenvalue weighted by Crippen LogP contribution is -2.53. The molecular formula is C10H23N3.